The predicted octanol–water partition coefficient (Wildman–Crippen LogP) is 4.71. The fourth-order valence-electron chi connectivity index (χ4n) is 2.52. The van der Waals surface area contributed by atoms with Gasteiger partial charge in [0.15, 0.2) is 0 Å². The van der Waals surface area contributed by atoms with Crippen molar-refractivity contribution in [1.82, 2.24) is 0 Å². The van der Waals surface area contributed by atoms with Gasteiger partial charge in [-0.3, -0.25) is 0 Å². The van der Waals surface area contributed by atoms with Crippen LogP contribution in [-0.4, -0.2) is 0 Å². The predicted molar refractivity (Wildman–Crippen MR) is 72.5 cm³/mol. The summed E-state index contributed by atoms with van der Waals surface area (Å²) >= 11 is 0. The van der Waals surface area contributed by atoms with Crippen LogP contribution < -0.4 is 0 Å². The molecule has 0 fully saturated rings. The highest BCUT2D eigenvalue weighted by Gasteiger charge is 2.12. The molecule has 1 heteroatoms. The van der Waals surface area contributed by atoms with Crippen LogP contribution in [0, 0.1) is 0 Å². The van der Waals surface area contributed by atoms with Gasteiger partial charge in [0, 0.05) is 10.8 Å². The molecule has 0 aliphatic rings. The summed E-state index contributed by atoms with van der Waals surface area (Å²) in [5, 5.41) is 2.55. The van der Waals surface area contributed by atoms with Crippen molar-refractivity contribution < 1.29 is 4.42 Å². The first-order chi connectivity index (χ1) is 8.35. The molecule has 1 aromatic heterocycles. The highest BCUT2D eigenvalue weighted by atomic mass is 16.3. The molecule has 0 aliphatic carbocycles. The molecule has 0 atom stereocenters. The van der Waals surface area contributed by atoms with Crippen LogP contribution in [-0.2, 0) is 12.8 Å². The lowest BCUT2D eigenvalue weighted by Crippen LogP contribution is -1.86. The van der Waals surface area contributed by atoms with Gasteiger partial charge in [-0.05, 0) is 30.0 Å². The summed E-state index contributed by atoms with van der Waals surface area (Å²) < 4.78 is 6.02. The molecule has 0 saturated carbocycles. The van der Waals surface area contributed by atoms with E-state index in [0.717, 1.165) is 24.0 Å². The monoisotopic (exact) mass is 224 g/mol. The minimum absolute atomic E-state index is 0.998. The average molecular weight is 224 g/mol. The topological polar surface area (TPSA) is 13.1 Å². The van der Waals surface area contributed by atoms with Crippen molar-refractivity contribution in [2.24, 2.45) is 0 Å². The molecule has 0 unspecified atom stereocenters. The molecule has 3 aromatic rings. The molecule has 0 bridgehead atoms. The van der Waals surface area contributed by atoms with E-state index in [1.165, 1.54) is 21.9 Å². The number of furan rings is 1. The summed E-state index contributed by atoms with van der Waals surface area (Å²) in [5.74, 6) is 0. The molecule has 0 saturated heterocycles. The largest absolute Gasteiger partial charge is 0.456 e. The zero-order valence-electron chi connectivity index (χ0n) is 10.3. The number of hydrogen-bond donors (Lipinski definition) is 0. The quantitative estimate of drug-likeness (QED) is 0.614. The van der Waals surface area contributed by atoms with Crippen molar-refractivity contribution >= 4 is 21.9 Å². The first-order valence-corrected chi connectivity index (χ1v) is 6.27. The van der Waals surface area contributed by atoms with Crippen LogP contribution in [0.2, 0.25) is 0 Å². The van der Waals surface area contributed by atoms with Crippen LogP contribution in [0.5, 0.6) is 0 Å². The third-order valence-electron chi connectivity index (χ3n) is 3.46. The van der Waals surface area contributed by atoms with Crippen molar-refractivity contribution in [1.29, 1.82) is 0 Å². The Labute approximate surface area is 101 Å². The molecule has 1 nitrogen and oxygen atoms in total. The van der Waals surface area contributed by atoms with Crippen LogP contribution in [0.25, 0.3) is 21.9 Å². The Morgan fingerprint density at radius 2 is 1.59 bits per heavy atom. The van der Waals surface area contributed by atoms with Gasteiger partial charge >= 0.3 is 0 Å². The second kappa shape index (κ2) is 3.92. The maximum absolute atomic E-state index is 6.02. The van der Waals surface area contributed by atoms with Gasteiger partial charge in [0.2, 0.25) is 0 Å². The highest BCUT2D eigenvalue weighted by molar-refractivity contribution is 6.07. The number of rotatable bonds is 2. The van der Waals surface area contributed by atoms with Gasteiger partial charge in [-0.2, -0.15) is 0 Å². The van der Waals surface area contributed by atoms with Crippen LogP contribution in [0.1, 0.15) is 25.0 Å². The summed E-state index contributed by atoms with van der Waals surface area (Å²) in [5.41, 5.74) is 4.75. The molecule has 17 heavy (non-hydrogen) atoms. The normalized spacial score (nSPS) is 11.4. The fourth-order valence-corrected chi connectivity index (χ4v) is 2.52. The highest BCUT2D eigenvalue weighted by Crippen LogP contribution is 2.33. The Kier molecular flexibility index (Phi) is 2.40. The van der Waals surface area contributed by atoms with Gasteiger partial charge in [-0.25, -0.2) is 0 Å². The summed E-state index contributed by atoms with van der Waals surface area (Å²) in [7, 11) is 0. The molecule has 0 N–H and O–H groups in total. The molecule has 1 heterocycles. The zero-order valence-corrected chi connectivity index (χ0v) is 10.3. The van der Waals surface area contributed by atoms with Crippen molar-refractivity contribution in [2.45, 2.75) is 26.7 Å². The molecule has 0 amide bonds. The zero-order chi connectivity index (χ0) is 11.8. The van der Waals surface area contributed by atoms with E-state index >= 15 is 0 Å². The molecular weight excluding hydrogens is 208 g/mol. The summed E-state index contributed by atoms with van der Waals surface area (Å²) in [6, 6.07) is 12.7. The summed E-state index contributed by atoms with van der Waals surface area (Å²) in [4.78, 5) is 0. The van der Waals surface area contributed by atoms with Gasteiger partial charge in [0.25, 0.3) is 0 Å². The van der Waals surface area contributed by atoms with Crippen LogP contribution in [0.15, 0.2) is 40.8 Å². The number of fused-ring (bicyclic) bond motifs is 3. The number of benzene rings is 2. The maximum Gasteiger partial charge on any atom is 0.138 e. The molecular formula is C16H16O. The van der Waals surface area contributed by atoms with Gasteiger partial charge in [0.05, 0.1) is 0 Å². The summed E-state index contributed by atoms with van der Waals surface area (Å²) in [6.07, 6.45) is 2.06. The molecule has 86 valence electrons. The van der Waals surface area contributed by atoms with Crippen LogP contribution in [0.3, 0.4) is 0 Å². The second-order valence-electron chi connectivity index (χ2n) is 4.39. The SMILES string of the molecule is CCc1ccc(CC)c2c1oc1ccccc12. The van der Waals surface area contributed by atoms with E-state index in [4.69, 9.17) is 4.42 Å². The second-order valence-corrected chi connectivity index (χ2v) is 4.39. The Morgan fingerprint density at radius 1 is 0.882 bits per heavy atom. The minimum atomic E-state index is 0.998. The van der Waals surface area contributed by atoms with E-state index in [2.05, 4.69) is 38.1 Å². The first-order valence-electron chi connectivity index (χ1n) is 6.27. The average Bonchev–Trinajstić information content (AvgIpc) is 2.77. The lowest BCUT2D eigenvalue weighted by Gasteiger charge is -2.03. The molecule has 3 rings (SSSR count). The molecule has 0 aliphatic heterocycles. The van der Waals surface area contributed by atoms with E-state index in [1.807, 2.05) is 12.1 Å². The molecule has 0 spiro atoms. The third-order valence-corrected chi connectivity index (χ3v) is 3.46. The van der Waals surface area contributed by atoms with Crippen molar-refractivity contribution in [3.63, 3.8) is 0 Å². The van der Waals surface area contributed by atoms with Crippen molar-refractivity contribution in [2.75, 3.05) is 0 Å². The number of para-hydroxylation sites is 1. The van der Waals surface area contributed by atoms with Gasteiger partial charge in [0.1, 0.15) is 11.2 Å². The van der Waals surface area contributed by atoms with Crippen molar-refractivity contribution in [3.8, 4) is 0 Å². The standard InChI is InChI=1S/C16H16O/c1-3-11-9-10-12(4-2)16-15(11)13-7-5-6-8-14(13)17-16/h5-10H,3-4H2,1-2H3. The lowest BCUT2D eigenvalue weighted by molar-refractivity contribution is 0.663. The van der Waals surface area contributed by atoms with Crippen LogP contribution >= 0.6 is 0 Å². The van der Waals surface area contributed by atoms with Crippen molar-refractivity contribution in [3.05, 3.63) is 47.5 Å². The van der Waals surface area contributed by atoms with E-state index in [-0.39, 0.29) is 0 Å². The number of aryl methyl sites for hydroxylation is 2. The van der Waals surface area contributed by atoms with E-state index in [9.17, 15) is 0 Å². The van der Waals surface area contributed by atoms with Gasteiger partial charge in [-0.15, -0.1) is 0 Å². The van der Waals surface area contributed by atoms with E-state index < -0.39 is 0 Å². The van der Waals surface area contributed by atoms with Crippen LogP contribution in [0.4, 0.5) is 0 Å². The van der Waals surface area contributed by atoms with E-state index in [1.54, 1.807) is 0 Å². The minimum Gasteiger partial charge on any atom is -0.456 e. The first kappa shape index (κ1) is 10.4. The Morgan fingerprint density at radius 3 is 2.35 bits per heavy atom. The fraction of sp³-hybridized carbons (Fsp3) is 0.250. The maximum atomic E-state index is 6.02. The molecule has 2 aromatic carbocycles. The van der Waals surface area contributed by atoms with E-state index in [0.29, 0.717) is 0 Å². The Balaban J connectivity index is 2.53. The Hall–Kier alpha value is -1.76. The lowest BCUT2D eigenvalue weighted by atomic mass is 10.0. The number of hydrogen-bond acceptors (Lipinski definition) is 1. The smallest absolute Gasteiger partial charge is 0.138 e. The summed E-state index contributed by atoms with van der Waals surface area (Å²) in [6.45, 7) is 4.37. The third kappa shape index (κ3) is 1.46. The van der Waals surface area contributed by atoms with Gasteiger partial charge < -0.3 is 4.42 Å². The molecule has 0 radical (unpaired) electrons. The van der Waals surface area contributed by atoms with Gasteiger partial charge in [-0.1, -0.05) is 44.2 Å². The Bertz CT molecular complexity index is 676.